The van der Waals surface area contributed by atoms with Crippen LogP contribution in [0.4, 0.5) is 5.69 Å². The molecule has 0 aliphatic heterocycles. The molecular formula is C31H42ClN5O2. The van der Waals surface area contributed by atoms with E-state index in [2.05, 4.69) is 57.8 Å². The minimum absolute atomic E-state index is 0.100. The van der Waals surface area contributed by atoms with Gasteiger partial charge in [0.2, 0.25) is 0 Å². The fourth-order valence-electron chi connectivity index (χ4n) is 5.73. The summed E-state index contributed by atoms with van der Waals surface area (Å²) >= 11 is 6.57. The Balaban J connectivity index is 1.40. The first kappa shape index (κ1) is 29.0. The summed E-state index contributed by atoms with van der Waals surface area (Å²) in [6.07, 6.45) is 9.09. The summed E-state index contributed by atoms with van der Waals surface area (Å²) in [5.41, 5.74) is 3.85. The van der Waals surface area contributed by atoms with Crippen molar-refractivity contribution in [3.05, 3.63) is 76.3 Å². The molecule has 1 aliphatic carbocycles. The van der Waals surface area contributed by atoms with E-state index in [4.69, 9.17) is 16.3 Å². The van der Waals surface area contributed by atoms with Crippen LogP contribution in [-0.4, -0.2) is 66.7 Å². The van der Waals surface area contributed by atoms with Crippen LogP contribution in [0.2, 0.25) is 5.02 Å². The van der Waals surface area contributed by atoms with Crippen molar-refractivity contribution in [2.75, 3.05) is 39.2 Å². The molecule has 1 saturated carbocycles. The van der Waals surface area contributed by atoms with Gasteiger partial charge in [-0.1, -0.05) is 23.7 Å². The summed E-state index contributed by atoms with van der Waals surface area (Å²) in [6.45, 7) is 6.32. The molecule has 39 heavy (non-hydrogen) atoms. The monoisotopic (exact) mass is 551 g/mol. The summed E-state index contributed by atoms with van der Waals surface area (Å²) in [4.78, 5) is 22.6. The first-order valence-corrected chi connectivity index (χ1v) is 14.3. The third kappa shape index (κ3) is 7.14. The molecule has 0 spiro atoms. The quantitative estimate of drug-likeness (QED) is 0.337. The molecule has 0 bridgehead atoms. The predicted octanol–water partition coefficient (Wildman–Crippen LogP) is 5.57. The van der Waals surface area contributed by atoms with Crippen LogP contribution >= 0.6 is 11.6 Å². The number of hydrogen-bond acceptors (Lipinski definition) is 5. The number of aromatic nitrogens is 2. The Morgan fingerprint density at radius 3 is 2.46 bits per heavy atom. The first-order valence-electron chi connectivity index (χ1n) is 13.9. The van der Waals surface area contributed by atoms with Crippen LogP contribution in [0.3, 0.4) is 0 Å². The SMILES string of the molecule is CCN(c1cc(Cl)cc(C(=O)NCCc2nccn2Cc2ccc(OC)cc2)c1C)C1CCC(N(C)C)CC1. The van der Waals surface area contributed by atoms with E-state index in [9.17, 15) is 4.79 Å². The molecule has 0 saturated heterocycles. The van der Waals surface area contributed by atoms with Gasteiger partial charge in [-0.25, -0.2) is 4.98 Å². The molecule has 210 valence electrons. The van der Waals surface area contributed by atoms with Gasteiger partial charge in [-0.3, -0.25) is 4.79 Å². The molecule has 8 heteroatoms. The van der Waals surface area contributed by atoms with Crippen LogP contribution in [0.1, 0.15) is 59.9 Å². The van der Waals surface area contributed by atoms with E-state index < -0.39 is 0 Å². The van der Waals surface area contributed by atoms with Crippen molar-refractivity contribution in [3.8, 4) is 5.75 Å². The Hall–Kier alpha value is -3.03. The molecule has 4 rings (SSSR count). The van der Waals surface area contributed by atoms with Gasteiger partial charge in [0.15, 0.2) is 0 Å². The van der Waals surface area contributed by atoms with E-state index >= 15 is 0 Å². The number of halogens is 1. The molecule has 0 radical (unpaired) electrons. The Labute approximate surface area is 238 Å². The van der Waals surface area contributed by atoms with Crippen LogP contribution in [0.5, 0.6) is 5.75 Å². The number of amides is 1. The van der Waals surface area contributed by atoms with E-state index in [1.165, 1.54) is 12.8 Å². The molecule has 0 unspecified atom stereocenters. The molecule has 1 heterocycles. The van der Waals surface area contributed by atoms with Gasteiger partial charge in [0.25, 0.3) is 5.91 Å². The van der Waals surface area contributed by atoms with Crippen LogP contribution in [-0.2, 0) is 13.0 Å². The number of anilines is 1. The zero-order valence-corrected chi connectivity index (χ0v) is 24.7. The Bertz CT molecular complexity index is 1230. The van der Waals surface area contributed by atoms with Crippen molar-refractivity contribution in [1.29, 1.82) is 0 Å². The number of methoxy groups -OCH3 is 1. The van der Waals surface area contributed by atoms with Gasteiger partial charge in [0.1, 0.15) is 11.6 Å². The number of nitrogens with one attached hydrogen (secondary N) is 1. The molecule has 1 fully saturated rings. The van der Waals surface area contributed by atoms with Gasteiger partial charge in [-0.05, 0) is 89.0 Å². The van der Waals surface area contributed by atoms with Gasteiger partial charge in [0.05, 0.1) is 7.11 Å². The molecule has 0 atom stereocenters. The lowest BCUT2D eigenvalue weighted by Crippen LogP contribution is -2.42. The largest absolute Gasteiger partial charge is 0.497 e. The van der Waals surface area contributed by atoms with Gasteiger partial charge in [0, 0.05) is 66.8 Å². The molecule has 1 amide bonds. The number of nitrogens with zero attached hydrogens (tertiary/aromatic N) is 4. The average molecular weight is 552 g/mol. The normalized spacial score (nSPS) is 17.3. The lowest BCUT2D eigenvalue weighted by Gasteiger charge is -2.40. The van der Waals surface area contributed by atoms with Gasteiger partial charge in [-0.2, -0.15) is 0 Å². The fraction of sp³-hybridized carbons (Fsp3) is 0.484. The van der Waals surface area contributed by atoms with E-state index in [1.807, 2.05) is 31.3 Å². The Morgan fingerprint density at radius 1 is 1.13 bits per heavy atom. The second-order valence-corrected chi connectivity index (χ2v) is 11.1. The Kier molecular flexibility index (Phi) is 9.92. The zero-order chi connectivity index (χ0) is 27.9. The highest BCUT2D eigenvalue weighted by molar-refractivity contribution is 6.31. The second kappa shape index (κ2) is 13.4. The fourth-order valence-corrected chi connectivity index (χ4v) is 5.95. The summed E-state index contributed by atoms with van der Waals surface area (Å²) in [7, 11) is 6.01. The van der Waals surface area contributed by atoms with E-state index in [0.717, 1.165) is 47.8 Å². The molecule has 1 N–H and O–H groups in total. The molecular weight excluding hydrogens is 510 g/mol. The third-order valence-electron chi connectivity index (χ3n) is 8.02. The number of benzene rings is 2. The van der Waals surface area contributed by atoms with E-state index in [1.54, 1.807) is 19.4 Å². The van der Waals surface area contributed by atoms with Crippen molar-refractivity contribution in [2.24, 2.45) is 0 Å². The van der Waals surface area contributed by atoms with E-state index in [0.29, 0.717) is 42.2 Å². The van der Waals surface area contributed by atoms with Crippen LogP contribution in [0.25, 0.3) is 0 Å². The number of rotatable bonds is 11. The minimum Gasteiger partial charge on any atom is -0.497 e. The topological polar surface area (TPSA) is 62.6 Å². The van der Waals surface area contributed by atoms with Crippen molar-refractivity contribution in [2.45, 2.75) is 64.6 Å². The van der Waals surface area contributed by atoms with Gasteiger partial charge < -0.3 is 24.4 Å². The summed E-state index contributed by atoms with van der Waals surface area (Å²) in [6, 6.07) is 12.9. The number of carbonyl (C=O) groups excluding carboxylic acids is 1. The maximum atomic E-state index is 13.3. The summed E-state index contributed by atoms with van der Waals surface area (Å²) in [5, 5.41) is 3.70. The number of ether oxygens (including phenoxy) is 1. The maximum absolute atomic E-state index is 13.3. The highest BCUT2D eigenvalue weighted by atomic mass is 35.5. The molecule has 2 aromatic carbocycles. The maximum Gasteiger partial charge on any atom is 0.251 e. The minimum atomic E-state index is -0.100. The second-order valence-electron chi connectivity index (χ2n) is 10.6. The van der Waals surface area contributed by atoms with Crippen molar-refractivity contribution < 1.29 is 9.53 Å². The van der Waals surface area contributed by atoms with Crippen molar-refractivity contribution in [1.82, 2.24) is 19.8 Å². The highest BCUT2D eigenvalue weighted by Crippen LogP contribution is 2.34. The standard InChI is InChI=1S/C31H42ClN5O2/c1-6-37(26-11-9-25(10-12-26)35(3)4)29-20-24(32)19-28(22(29)2)31(38)34-16-15-30-33-17-18-36(30)21-23-7-13-27(39-5)14-8-23/h7-8,13-14,17-20,25-26H,6,9-12,15-16,21H2,1-5H3,(H,34,38). The highest BCUT2D eigenvalue weighted by Gasteiger charge is 2.28. The molecule has 3 aromatic rings. The smallest absolute Gasteiger partial charge is 0.251 e. The molecule has 7 nitrogen and oxygen atoms in total. The average Bonchev–Trinajstić information content (AvgIpc) is 3.38. The zero-order valence-electron chi connectivity index (χ0n) is 23.9. The van der Waals surface area contributed by atoms with Crippen LogP contribution < -0.4 is 15.0 Å². The molecule has 1 aliphatic rings. The number of carbonyl (C=O) groups is 1. The number of hydrogen-bond donors (Lipinski definition) is 1. The van der Waals surface area contributed by atoms with Crippen molar-refractivity contribution in [3.63, 3.8) is 0 Å². The van der Waals surface area contributed by atoms with E-state index in [-0.39, 0.29) is 5.91 Å². The van der Waals surface area contributed by atoms with Gasteiger partial charge in [-0.15, -0.1) is 0 Å². The summed E-state index contributed by atoms with van der Waals surface area (Å²) < 4.78 is 7.37. The predicted molar refractivity (Wildman–Crippen MR) is 159 cm³/mol. The summed E-state index contributed by atoms with van der Waals surface area (Å²) in [5.74, 6) is 1.67. The van der Waals surface area contributed by atoms with Crippen LogP contribution in [0.15, 0.2) is 48.8 Å². The number of imidazole rings is 1. The lowest BCUT2D eigenvalue weighted by molar-refractivity contribution is 0.0953. The van der Waals surface area contributed by atoms with Gasteiger partial charge >= 0.3 is 0 Å². The van der Waals surface area contributed by atoms with Crippen LogP contribution in [0, 0.1) is 6.92 Å². The lowest BCUT2D eigenvalue weighted by atomic mass is 9.89. The first-order chi connectivity index (χ1) is 18.8. The Morgan fingerprint density at radius 2 is 1.82 bits per heavy atom. The molecule has 1 aromatic heterocycles. The third-order valence-corrected chi connectivity index (χ3v) is 8.24. The van der Waals surface area contributed by atoms with Crippen molar-refractivity contribution >= 4 is 23.2 Å².